The maximum atomic E-state index is 11.9. The van der Waals surface area contributed by atoms with Gasteiger partial charge in [-0.3, -0.25) is 10.1 Å². The Bertz CT molecular complexity index is 951. The molecule has 0 amide bonds. The van der Waals surface area contributed by atoms with Gasteiger partial charge in [-0.05, 0) is 42.2 Å². The summed E-state index contributed by atoms with van der Waals surface area (Å²) >= 11 is 0. The number of H-pyrrole nitrogens is 1. The van der Waals surface area contributed by atoms with E-state index >= 15 is 0 Å². The average Bonchev–Trinajstić information content (AvgIpc) is 3.14. The third-order valence-electron chi connectivity index (χ3n) is 5.83. The van der Waals surface area contributed by atoms with E-state index in [1.54, 1.807) is 6.92 Å². The molecule has 2 aromatic carbocycles. The number of benzene rings is 2. The van der Waals surface area contributed by atoms with Crippen molar-refractivity contribution >= 4 is 16.7 Å². The lowest BCUT2D eigenvalue weighted by Gasteiger charge is -2.22. The molecule has 0 saturated heterocycles. The molecule has 5 nitrogen and oxygen atoms in total. The highest BCUT2D eigenvalue weighted by molar-refractivity contribution is 5.84. The van der Waals surface area contributed by atoms with E-state index in [0.29, 0.717) is 25.5 Å². The third kappa shape index (κ3) is 5.71. The van der Waals surface area contributed by atoms with Crippen LogP contribution in [0, 0.1) is 11.8 Å². The number of aliphatic hydroxyl groups excluding tert-OH is 1. The van der Waals surface area contributed by atoms with Gasteiger partial charge in [0.25, 0.3) is 0 Å². The smallest absolute Gasteiger partial charge is 0.134 e. The average molecular weight is 409 g/mol. The van der Waals surface area contributed by atoms with Crippen molar-refractivity contribution in [1.82, 2.24) is 10.3 Å². The van der Waals surface area contributed by atoms with Crippen LogP contribution in [0.4, 0.5) is 0 Å². The molecule has 1 aromatic heterocycles. The van der Waals surface area contributed by atoms with Crippen molar-refractivity contribution in [3.8, 4) is 5.75 Å². The first-order valence-corrected chi connectivity index (χ1v) is 10.7. The second kappa shape index (κ2) is 10.4. The molecule has 3 aromatic rings. The van der Waals surface area contributed by atoms with Gasteiger partial charge in [0.15, 0.2) is 0 Å². The van der Waals surface area contributed by atoms with Crippen molar-refractivity contribution in [2.24, 2.45) is 11.8 Å². The molecule has 5 heteroatoms. The van der Waals surface area contributed by atoms with E-state index < -0.39 is 6.23 Å². The largest absolute Gasteiger partial charge is 0.489 e. The Hall–Kier alpha value is -2.63. The number of aromatic amines is 1. The number of aliphatic hydroxyl groups is 1. The van der Waals surface area contributed by atoms with Gasteiger partial charge >= 0.3 is 0 Å². The minimum absolute atomic E-state index is 0.0781. The molecule has 3 atom stereocenters. The fourth-order valence-corrected chi connectivity index (χ4v) is 3.73. The first-order valence-electron chi connectivity index (χ1n) is 10.7. The van der Waals surface area contributed by atoms with E-state index in [1.807, 2.05) is 54.7 Å². The monoisotopic (exact) mass is 408 g/mol. The van der Waals surface area contributed by atoms with Crippen LogP contribution in [-0.4, -0.2) is 28.6 Å². The second-order valence-electron chi connectivity index (χ2n) is 8.03. The number of ketones is 1. The Balaban J connectivity index is 1.63. The zero-order valence-electron chi connectivity index (χ0n) is 18.0. The number of hydrogen-bond donors (Lipinski definition) is 3. The summed E-state index contributed by atoms with van der Waals surface area (Å²) in [5, 5.41) is 14.7. The van der Waals surface area contributed by atoms with E-state index in [4.69, 9.17) is 4.74 Å². The summed E-state index contributed by atoms with van der Waals surface area (Å²) in [5.74, 6) is 1.17. The van der Waals surface area contributed by atoms with Gasteiger partial charge in [0.1, 0.15) is 24.4 Å². The fourth-order valence-electron chi connectivity index (χ4n) is 3.73. The first kappa shape index (κ1) is 22.1. The standard InChI is InChI=1S/C25H32N2O3/c1-4-17(2)23(18(3)28)15-27-25(29)12-20-14-26-24-11-10-21(13-22(20)24)30-16-19-8-6-5-7-9-19/h5-11,13-14,17,23,25-27,29H,4,12,15-16H2,1-3H3/t17-,23-,25?/m0/s1. The molecule has 0 aliphatic carbocycles. The van der Waals surface area contributed by atoms with Gasteiger partial charge in [-0.1, -0.05) is 50.6 Å². The van der Waals surface area contributed by atoms with Crippen LogP contribution in [0.15, 0.2) is 54.7 Å². The van der Waals surface area contributed by atoms with Gasteiger partial charge < -0.3 is 14.8 Å². The number of nitrogens with one attached hydrogen (secondary N) is 2. The molecule has 0 aliphatic rings. The topological polar surface area (TPSA) is 74.3 Å². The van der Waals surface area contributed by atoms with E-state index in [-0.39, 0.29) is 11.7 Å². The number of fused-ring (bicyclic) bond motifs is 1. The lowest BCUT2D eigenvalue weighted by Crippen LogP contribution is -2.38. The second-order valence-corrected chi connectivity index (χ2v) is 8.03. The zero-order chi connectivity index (χ0) is 21.5. The number of ether oxygens (including phenoxy) is 1. The normalized spacial score (nSPS) is 14.4. The quantitative estimate of drug-likeness (QED) is 0.410. The van der Waals surface area contributed by atoms with Gasteiger partial charge in [-0.25, -0.2) is 0 Å². The van der Waals surface area contributed by atoms with Gasteiger partial charge in [0, 0.05) is 36.0 Å². The van der Waals surface area contributed by atoms with E-state index in [1.165, 1.54) is 0 Å². The molecule has 0 bridgehead atoms. The Morgan fingerprint density at radius 1 is 1.20 bits per heavy atom. The number of Topliss-reactive ketones (excluding diaryl/α,β-unsaturated/α-hetero) is 1. The number of hydrogen-bond acceptors (Lipinski definition) is 4. The van der Waals surface area contributed by atoms with E-state index in [0.717, 1.165) is 34.2 Å². The maximum absolute atomic E-state index is 11.9. The summed E-state index contributed by atoms with van der Waals surface area (Å²) in [6.45, 7) is 6.79. The minimum atomic E-state index is -0.719. The van der Waals surface area contributed by atoms with Gasteiger partial charge in [0.2, 0.25) is 0 Å². The van der Waals surface area contributed by atoms with Crippen molar-refractivity contribution in [3.63, 3.8) is 0 Å². The van der Waals surface area contributed by atoms with Gasteiger partial charge in [0.05, 0.1) is 0 Å². The van der Waals surface area contributed by atoms with Crippen molar-refractivity contribution < 1.29 is 14.6 Å². The highest BCUT2D eigenvalue weighted by atomic mass is 16.5. The predicted molar refractivity (Wildman–Crippen MR) is 120 cm³/mol. The van der Waals surface area contributed by atoms with Crippen molar-refractivity contribution in [1.29, 1.82) is 0 Å². The van der Waals surface area contributed by atoms with Crippen LogP contribution >= 0.6 is 0 Å². The number of carbonyl (C=O) groups excluding carboxylic acids is 1. The molecule has 1 unspecified atom stereocenters. The van der Waals surface area contributed by atoms with Crippen molar-refractivity contribution in [3.05, 3.63) is 65.9 Å². The van der Waals surface area contributed by atoms with Crippen LogP contribution < -0.4 is 10.1 Å². The minimum Gasteiger partial charge on any atom is -0.489 e. The maximum Gasteiger partial charge on any atom is 0.134 e. The third-order valence-corrected chi connectivity index (χ3v) is 5.83. The fraction of sp³-hybridized carbons (Fsp3) is 0.400. The van der Waals surface area contributed by atoms with Crippen LogP contribution in [0.5, 0.6) is 5.75 Å². The lowest BCUT2D eigenvalue weighted by molar-refractivity contribution is -0.122. The van der Waals surface area contributed by atoms with Crippen LogP contribution in [0.2, 0.25) is 0 Å². The summed E-state index contributed by atoms with van der Waals surface area (Å²) < 4.78 is 5.94. The Labute approximate surface area is 178 Å². The Morgan fingerprint density at radius 3 is 2.67 bits per heavy atom. The first-order chi connectivity index (χ1) is 14.5. The summed E-state index contributed by atoms with van der Waals surface area (Å²) in [6.07, 6.45) is 2.60. The number of aromatic nitrogens is 1. The number of carbonyl (C=O) groups is 1. The van der Waals surface area contributed by atoms with Crippen LogP contribution in [0.25, 0.3) is 10.9 Å². The van der Waals surface area contributed by atoms with Crippen molar-refractivity contribution in [2.75, 3.05) is 6.54 Å². The molecule has 0 saturated carbocycles. The van der Waals surface area contributed by atoms with Crippen LogP contribution in [-0.2, 0) is 17.8 Å². The molecule has 3 N–H and O–H groups in total. The summed E-state index contributed by atoms with van der Waals surface area (Å²) in [6, 6.07) is 16.0. The molecular weight excluding hydrogens is 376 g/mol. The summed E-state index contributed by atoms with van der Waals surface area (Å²) in [4.78, 5) is 15.2. The highest BCUT2D eigenvalue weighted by Crippen LogP contribution is 2.25. The van der Waals surface area contributed by atoms with Crippen molar-refractivity contribution in [2.45, 2.75) is 46.4 Å². The predicted octanol–water partition coefficient (Wildman–Crippen LogP) is 4.45. The molecule has 0 fully saturated rings. The van der Waals surface area contributed by atoms with E-state index in [9.17, 15) is 9.90 Å². The molecule has 160 valence electrons. The number of rotatable bonds is 11. The molecule has 30 heavy (non-hydrogen) atoms. The van der Waals surface area contributed by atoms with Crippen LogP contribution in [0.1, 0.15) is 38.3 Å². The molecule has 0 spiro atoms. The molecule has 1 heterocycles. The summed E-state index contributed by atoms with van der Waals surface area (Å²) in [5.41, 5.74) is 3.14. The molecule has 3 rings (SSSR count). The molecular formula is C25H32N2O3. The van der Waals surface area contributed by atoms with Gasteiger partial charge in [-0.15, -0.1) is 0 Å². The van der Waals surface area contributed by atoms with Crippen LogP contribution in [0.3, 0.4) is 0 Å². The lowest BCUT2D eigenvalue weighted by atomic mass is 9.88. The highest BCUT2D eigenvalue weighted by Gasteiger charge is 2.21. The Kier molecular flexibility index (Phi) is 7.66. The van der Waals surface area contributed by atoms with Gasteiger partial charge in [-0.2, -0.15) is 0 Å². The Morgan fingerprint density at radius 2 is 1.97 bits per heavy atom. The summed E-state index contributed by atoms with van der Waals surface area (Å²) in [7, 11) is 0. The molecule has 0 aliphatic heterocycles. The SMILES string of the molecule is CC[C@H](C)[C@H](CNC(O)Cc1c[nH]c2ccc(OCc3ccccc3)cc12)C(C)=O. The molecule has 0 radical (unpaired) electrons. The van der Waals surface area contributed by atoms with E-state index in [2.05, 4.69) is 24.1 Å². The zero-order valence-corrected chi connectivity index (χ0v) is 18.0.